The maximum Gasteiger partial charge on any atom is 0.252 e. The Morgan fingerprint density at radius 3 is 2.87 bits per heavy atom. The van der Waals surface area contributed by atoms with E-state index in [-0.39, 0.29) is 5.91 Å². The summed E-state index contributed by atoms with van der Waals surface area (Å²) < 4.78 is 4.97. The molecule has 0 bridgehead atoms. The second kappa shape index (κ2) is 6.91. The lowest BCUT2D eigenvalue weighted by molar-refractivity contribution is 0.0952. The van der Waals surface area contributed by atoms with E-state index < -0.39 is 0 Å². The van der Waals surface area contributed by atoms with E-state index in [1.54, 1.807) is 19.2 Å². The molecule has 2 heterocycles. The highest BCUT2D eigenvalue weighted by Crippen LogP contribution is 2.11. The Morgan fingerprint density at radius 2 is 2.13 bits per heavy atom. The third-order valence-corrected chi connectivity index (χ3v) is 3.52. The van der Waals surface area contributed by atoms with E-state index in [0.29, 0.717) is 18.0 Å². The molecule has 118 valence electrons. The van der Waals surface area contributed by atoms with Crippen molar-refractivity contribution < 1.29 is 9.53 Å². The van der Waals surface area contributed by atoms with Gasteiger partial charge in [-0.25, -0.2) is 9.97 Å². The minimum Gasteiger partial charge on any atom is -0.481 e. The molecular formula is C17H18N4O2. The fourth-order valence-corrected chi connectivity index (χ4v) is 2.32. The Kier molecular flexibility index (Phi) is 4.52. The third-order valence-electron chi connectivity index (χ3n) is 3.52. The van der Waals surface area contributed by atoms with Crippen molar-refractivity contribution in [3.8, 4) is 5.88 Å². The Bertz CT molecular complexity index is 763. The van der Waals surface area contributed by atoms with Crippen LogP contribution >= 0.6 is 0 Å². The SMILES string of the molecule is COc1ccc(C(=O)NCCCc2nc3ccccc3[nH]2)cn1. The van der Waals surface area contributed by atoms with Crippen LogP contribution in [-0.4, -0.2) is 34.5 Å². The summed E-state index contributed by atoms with van der Waals surface area (Å²) in [4.78, 5) is 23.8. The molecule has 1 amide bonds. The van der Waals surface area contributed by atoms with Crippen molar-refractivity contribution in [2.75, 3.05) is 13.7 Å². The van der Waals surface area contributed by atoms with Gasteiger partial charge in [-0.3, -0.25) is 4.79 Å². The van der Waals surface area contributed by atoms with Gasteiger partial charge in [-0.2, -0.15) is 0 Å². The zero-order chi connectivity index (χ0) is 16.1. The number of H-pyrrole nitrogens is 1. The molecule has 0 radical (unpaired) electrons. The molecule has 6 nitrogen and oxygen atoms in total. The van der Waals surface area contributed by atoms with Gasteiger partial charge in [0.1, 0.15) is 5.82 Å². The van der Waals surface area contributed by atoms with Gasteiger partial charge in [0.25, 0.3) is 5.91 Å². The third kappa shape index (κ3) is 3.66. The monoisotopic (exact) mass is 310 g/mol. The number of aromatic nitrogens is 3. The quantitative estimate of drug-likeness (QED) is 0.685. The molecule has 0 unspecified atom stereocenters. The van der Waals surface area contributed by atoms with Crippen molar-refractivity contribution >= 4 is 16.9 Å². The highest BCUT2D eigenvalue weighted by molar-refractivity contribution is 5.93. The molecule has 0 aliphatic rings. The first-order chi connectivity index (χ1) is 11.3. The van der Waals surface area contributed by atoms with Gasteiger partial charge < -0.3 is 15.0 Å². The molecule has 1 aromatic carbocycles. The van der Waals surface area contributed by atoms with Crippen LogP contribution in [0.15, 0.2) is 42.6 Å². The van der Waals surface area contributed by atoms with Gasteiger partial charge in [-0.05, 0) is 24.6 Å². The van der Waals surface area contributed by atoms with Crippen molar-refractivity contribution in [2.24, 2.45) is 0 Å². The maximum absolute atomic E-state index is 12.0. The summed E-state index contributed by atoms with van der Waals surface area (Å²) in [5, 5.41) is 2.88. The lowest BCUT2D eigenvalue weighted by atomic mass is 10.2. The summed E-state index contributed by atoms with van der Waals surface area (Å²) in [6.07, 6.45) is 3.11. The van der Waals surface area contributed by atoms with Gasteiger partial charge in [-0.1, -0.05) is 12.1 Å². The van der Waals surface area contributed by atoms with Crippen LogP contribution in [0.1, 0.15) is 22.6 Å². The van der Waals surface area contributed by atoms with Crippen molar-refractivity contribution in [3.05, 3.63) is 54.0 Å². The number of para-hydroxylation sites is 2. The Morgan fingerprint density at radius 1 is 1.26 bits per heavy atom. The average molecular weight is 310 g/mol. The standard InChI is InChI=1S/C17H18N4O2/c1-23-16-9-8-12(11-19-16)17(22)18-10-4-7-15-20-13-5-2-3-6-14(13)21-15/h2-3,5-6,8-9,11H,4,7,10H2,1H3,(H,18,22)(H,20,21). The molecule has 0 saturated carbocycles. The number of carbonyl (C=O) groups is 1. The van der Waals surface area contributed by atoms with Gasteiger partial charge in [0.2, 0.25) is 5.88 Å². The van der Waals surface area contributed by atoms with Crippen LogP contribution in [-0.2, 0) is 6.42 Å². The highest BCUT2D eigenvalue weighted by Gasteiger charge is 2.06. The Labute approximate surface area is 133 Å². The number of aromatic amines is 1. The number of carbonyl (C=O) groups excluding carboxylic acids is 1. The second-order valence-corrected chi connectivity index (χ2v) is 5.15. The van der Waals surface area contributed by atoms with Crippen LogP contribution in [0.4, 0.5) is 0 Å². The largest absolute Gasteiger partial charge is 0.481 e. The first-order valence-corrected chi connectivity index (χ1v) is 7.48. The number of rotatable bonds is 6. The number of pyridine rings is 1. The minimum absolute atomic E-state index is 0.134. The number of nitrogens with zero attached hydrogens (tertiary/aromatic N) is 2. The highest BCUT2D eigenvalue weighted by atomic mass is 16.5. The summed E-state index contributed by atoms with van der Waals surface area (Å²) in [6, 6.07) is 11.3. The van der Waals surface area contributed by atoms with E-state index in [2.05, 4.69) is 20.3 Å². The van der Waals surface area contributed by atoms with Gasteiger partial charge in [-0.15, -0.1) is 0 Å². The number of methoxy groups -OCH3 is 1. The number of hydrogen-bond acceptors (Lipinski definition) is 4. The first-order valence-electron chi connectivity index (χ1n) is 7.48. The fraction of sp³-hybridized carbons (Fsp3) is 0.235. The molecule has 0 aliphatic carbocycles. The van der Waals surface area contributed by atoms with E-state index in [1.807, 2.05) is 24.3 Å². The number of ether oxygens (including phenoxy) is 1. The summed E-state index contributed by atoms with van der Waals surface area (Å²) >= 11 is 0. The maximum atomic E-state index is 12.0. The molecule has 3 aromatic rings. The Balaban J connectivity index is 1.47. The zero-order valence-electron chi connectivity index (χ0n) is 12.9. The van der Waals surface area contributed by atoms with Gasteiger partial charge in [0.15, 0.2) is 0 Å². The average Bonchev–Trinajstić information content (AvgIpc) is 3.01. The molecule has 0 atom stereocenters. The first kappa shape index (κ1) is 15.0. The zero-order valence-corrected chi connectivity index (χ0v) is 12.9. The van der Waals surface area contributed by atoms with Crippen LogP contribution in [0, 0.1) is 0 Å². The fourth-order valence-electron chi connectivity index (χ4n) is 2.32. The van der Waals surface area contributed by atoms with Crippen molar-refractivity contribution in [2.45, 2.75) is 12.8 Å². The molecule has 23 heavy (non-hydrogen) atoms. The summed E-state index contributed by atoms with van der Waals surface area (Å²) in [7, 11) is 1.54. The molecule has 2 aromatic heterocycles. The van der Waals surface area contributed by atoms with Crippen LogP contribution < -0.4 is 10.1 Å². The topological polar surface area (TPSA) is 79.9 Å². The van der Waals surface area contributed by atoms with Crippen LogP contribution in [0.2, 0.25) is 0 Å². The molecule has 0 saturated heterocycles. The molecule has 0 spiro atoms. The number of benzene rings is 1. The predicted molar refractivity (Wildman–Crippen MR) is 87.5 cm³/mol. The number of imidazole rings is 1. The van der Waals surface area contributed by atoms with Gasteiger partial charge >= 0.3 is 0 Å². The van der Waals surface area contributed by atoms with E-state index in [1.165, 1.54) is 6.20 Å². The molecule has 3 rings (SSSR count). The van der Waals surface area contributed by atoms with Crippen molar-refractivity contribution in [3.63, 3.8) is 0 Å². The Hall–Kier alpha value is -2.89. The second-order valence-electron chi connectivity index (χ2n) is 5.15. The summed E-state index contributed by atoms with van der Waals surface area (Å²) in [5.74, 6) is 1.29. The number of hydrogen-bond donors (Lipinski definition) is 2. The summed E-state index contributed by atoms with van der Waals surface area (Å²) in [5.41, 5.74) is 2.53. The smallest absolute Gasteiger partial charge is 0.252 e. The number of amides is 1. The summed E-state index contributed by atoms with van der Waals surface area (Å²) in [6.45, 7) is 0.585. The van der Waals surface area contributed by atoms with Crippen molar-refractivity contribution in [1.82, 2.24) is 20.3 Å². The lowest BCUT2D eigenvalue weighted by Gasteiger charge is -2.05. The van der Waals surface area contributed by atoms with Crippen molar-refractivity contribution in [1.29, 1.82) is 0 Å². The van der Waals surface area contributed by atoms with E-state index in [9.17, 15) is 4.79 Å². The normalized spacial score (nSPS) is 10.7. The molecule has 0 fully saturated rings. The molecule has 6 heteroatoms. The van der Waals surface area contributed by atoms with Crippen LogP contribution in [0.25, 0.3) is 11.0 Å². The predicted octanol–water partition coefficient (Wildman–Crippen LogP) is 2.33. The number of fused-ring (bicyclic) bond motifs is 1. The van der Waals surface area contributed by atoms with Crippen LogP contribution in [0.3, 0.4) is 0 Å². The molecule has 0 aliphatic heterocycles. The van der Waals surface area contributed by atoms with E-state index >= 15 is 0 Å². The van der Waals surface area contributed by atoms with Gasteiger partial charge in [0, 0.05) is 25.2 Å². The lowest BCUT2D eigenvalue weighted by Crippen LogP contribution is -2.24. The van der Waals surface area contributed by atoms with Crippen LogP contribution in [0.5, 0.6) is 5.88 Å². The number of nitrogens with one attached hydrogen (secondary N) is 2. The van der Waals surface area contributed by atoms with Gasteiger partial charge in [0.05, 0.1) is 23.7 Å². The molecule has 2 N–H and O–H groups in total. The number of aryl methyl sites for hydroxylation is 1. The minimum atomic E-state index is -0.134. The molecular weight excluding hydrogens is 292 g/mol. The van der Waals surface area contributed by atoms with E-state index in [0.717, 1.165) is 29.7 Å². The van der Waals surface area contributed by atoms with E-state index in [4.69, 9.17) is 4.74 Å².